The van der Waals surface area contributed by atoms with E-state index >= 15 is 0 Å². The van der Waals surface area contributed by atoms with E-state index < -0.39 is 0 Å². The lowest BCUT2D eigenvalue weighted by atomic mass is 9.98. The summed E-state index contributed by atoms with van der Waals surface area (Å²) < 4.78 is 0. The van der Waals surface area contributed by atoms with E-state index in [1.165, 1.54) is 10.5 Å². The van der Waals surface area contributed by atoms with Crippen LogP contribution in [-0.4, -0.2) is 17.5 Å². The first kappa shape index (κ1) is 11.6. The number of aryl methyl sites for hydroxylation is 1. The first-order valence-electron chi connectivity index (χ1n) is 4.84. The SMILES string of the molecule is Cc1ccc(SCC(C)(C)CO)cc1. The molecule has 0 unspecified atom stereocenters. The molecule has 1 N–H and O–H groups in total. The Bertz CT molecular complexity index is 277. The molecule has 14 heavy (non-hydrogen) atoms. The monoisotopic (exact) mass is 210 g/mol. The van der Waals surface area contributed by atoms with Crippen molar-refractivity contribution in [1.82, 2.24) is 0 Å². The van der Waals surface area contributed by atoms with Crippen LogP contribution in [0.15, 0.2) is 29.2 Å². The van der Waals surface area contributed by atoms with Gasteiger partial charge in [0.15, 0.2) is 0 Å². The molecule has 1 aromatic carbocycles. The van der Waals surface area contributed by atoms with Gasteiger partial charge in [0.1, 0.15) is 0 Å². The minimum atomic E-state index is 0.00948. The predicted molar refractivity (Wildman–Crippen MR) is 62.8 cm³/mol. The molecule has 0 aliphatic rings. The van der Waals surface area contributed by atoms with E-state index in [2.05, 4.69) is 45.0 Å². The lowest BCUT2D eigenvalue weighted by Gasteiger charge is -2.20. The normalized spacial score (nSPS) is 11.7. The standard InChI is InChI=1S/C12H18OS/c1-10-4-6-11(7-5-10)14-9-12(2,3)8-13/h4-7,13H,8-9H2,1-3H3. The first-order chi connectivity index (χ1) is 6.53. The zero-order valence-electron chi connectivity index (χ0n) is 9.08. The van der Waals surface area contributed by atoms with Crippen molar-refractivity contribution in [2.45, 2.75) is 25.7 Å². The van der Waals surface area contributed by atoms with Crippen molar-refractivity contribution in [2.75, 3.05) is 12.4 Å². The topological polar surface area (TPSA) is 20.2 Å². The van der Waals surface area contributed by atoms with Crippen molar-refractivity contribution >= 4 is 11.8 Å². The molecule has 0 aromatic heterocycles. The minimum absolute atomic E-state index is 0.00948. The number of hydrogen-bond donors (Lipinski definition) is 1. The van der Waals surface area contributed by atoms with Gasteiger partial charge in [-0.05, 0) is 24.5 Å². The van der Waals surface area contributed by atoms with Crippen molar-refractivity contribution in [3.8, 4) is 0 Å². The highest BCUT2D eigenvalue weighted by molar-refractivity contribution is 7.99. The molecule has 0 radical (unpaired) electrons. The highest BCUT2D eigenvalue weighted by Crippen LogP contribution is 2.27. The second-order valence-corrected chi connectivity index (χ2v) is 5.47. The maximum atomic E-state index is 9.10. The average Bonchev–Trinajstić information content (AvgIpc) is 2.17. The maximum Gasteiger partial charge on any atom is 0.0490 e. The largest absolute Gasteiger partial charge is 0.396 e. The van der Waals surface area contributed by atoms with E-state index in [0.717, 1.165) is 5.75 Å². The summed E-state index contributed by atoms with van der Waals surface area (Å²) in [6.07, 6.45) is 0. The third-order valence-electron chi connectivity index (χ3n) is 2.08. The van der Waals surface area contributed by atoms with Crippen LogP contribution >= 0.6 is 11.8 Å². The Morgan fingerprint density at radius 3 is 2.29 bits per heavy atom. The Balaban J connectivity index is 2.50. The number of aliphatic hydroxyl groups excluding tert-OH is 1. The maximum absolute atomic E-state index is 9.10. The molecule has 0 bridgehead atoms. The molecule has 0 fully saturated rings. The molecule has 0 saturated carbocycles. The van der Waals surface area contributed by atoms with Crippen LogP contribution in [0.4, 0.5) is 0 Å². The third kappa shape index (κ3) is 3.72. The molecule has 2 heteroatoms. The van der Waals surface area contributed by atoms with Gasteiger partial charge >= 0.3 is 0 Å². The number of aliphatic hydroxyl groups is 1. The summed E-state index contributed by atoms with van der Waals surface area (Å²) in [7, 11) is 0. The second kappa shape index (κ2) is 4.85. The molecule has 0 saturated heterocycles. The molecule has 0 amide bonds. The molecule has 1 aromatic rings. The van der Waals surface area contributed by atoms with Gasteiger partial charge < -0.3 is 5.11 Å². The Kier molecular flexibility index (Phi) is 4.02. The molecule has 0 aliphatic heterocycles. The van der Waals surface area contributed by atoms with E-state index in [-0.39, 0.29) is 12.0 Å². The Hall–Kier alpha value is -0.470. The van der Waals surface area contributed by atoms with Crippen molar-refractivity contribution in [2.24, 2.45) is 5.41 Å². The summed E-state index contributed by atoms with van der Waals surface area (Å²) in [6.45, 7) is 6.49. The molecule has 0 aliphatic carbocycles. The van der Waals surface area contributed by atoms with Gasteiger partial charge in [0.2, 0.25) is 0 Å². The fourth-order valence-electron chi connectivity index (χ4n) is 0.959. The first-order valence-corrected chi connectivity index (χ1v) is 5.82. The summed E-state index contributed by atoms with van der Waals surface area (Å²) in [5, 5.41) is 9.10. The number of thioether (sulfide) groups is 1. The van der Waals surface area contributed by atoms with Crippen LogP contribution in [0.2, 0.25) is 0 Å². The summed E-state index contributed by atoms with van der Waals surface area (Å²) in [5.74, 6) is 0.951. The summed E-state index contributed by atoms with van der Waals surface area (Å²) in [4.78, 5) is 1.28. The number of benzene rings is 1. The molecule has 1 rings (SSSR count). The summed E-state index contributed by atoms with van der Waals surface area (Å²) in [6, 6.07) is 8.50. The van der Waals surface area contributed by atoms with Gasteiger partial charge in [0.25, 0.3) is 0 Å². The Morgan fingerprint density at radius 2 is 1.79 bits per heavy atom. The van der Waals surface area contributed by atoms with E-state index in [1.807, 2.05) is 0 Å². The Morgan fingerprint density at radius 1 is 1.21 bits per heavy atom. The highest BCUT2D eigenvalue weighted by Gasteiger charge is 2.16. The van der Waals surface area contributed by atoms with Crippen LogP contribution in [0.5, 0.6) is 0 Å². The fraction of sp³-hybridized carbons (Fsp3) is 0.500. The van der Waals surface area contributed by atoms with Crippen molar-refractivity contribution < 1.29 is 5.11 Å². The summed E-state index contributed by atoms with van der Waals surface area (Å²) in [5.41, 5.74) is 1.30. The minimum Gasteiger partial charge on any atom is -0.396 e. The van der Waals surface area contributed by atoms with Crippen LogP contribution in [0, 0.1) is 12.3 Å². The zero-order valence-corrected chi connectivity index (χ0v) is 9.90. The molecule has 0 spiro atoms. The van der Waals surface area contributed by atoms with Crippen LogP contribution < -0.4 is 0 Å². The van der Waals surface area contributed by atoms with Crippen LogP contribution in [0.3, 0.4) is 0 Å². The molecular weight excluding hydrogens is 192 g/mol. The van der Waals surface area contributed by atoms with Crippen molar-refractivity contribution in [1.29, 1.82) is 0 Å². The molecular formula is C12H18OS. The third-order valence-corrected chi connectivity index (χ3v) is 3.61. The van der Waals surface area contributed by atoms with E-state index in [0.29, 0.717) is 0 Å². The molecule has 0 heterocycles. The summed E-state index contributed by atoms with van der Waals surface area (Å²) >= 11 is 1.80. The number of rotatable bonds is 4. The number of hydrogen-bond acceptors (Lipinski definition) is 2. The molecule has 1 nitrogen and oxygen atoms in total. The Labute approximate surface area is 90.5 Å². The van der Waals surface area contributed by atoms with E-state index in [4.69, 9.17) is 5.11 Å². The quantitative estimate of drug-likeness (QED) is 0.771. The predicted octanol–water partition coefficient (Wildman–Crippen LogP) is 3.11. The zero-order chi connectivity index (χ0) is 10.6. The fourth-order valence-corrected chi connectivity index (χ4v) is 1.94. The van der Waals surface area contributed by atoms with Gasteiger partial charge in [-0.15, -0.1) is 11.8 Å². The van der Waals surface area contributed by atoms with Gasteiger partial charge in [-0.1, -0.05) is 31.5 Å². The highest BCUT2D eigenvalue weighted by atomic mass is 32.2. The van der Waals surface area contributed by atoms with Gasteiger partial charge in [0.05, 0.1) is 0 Å². The lowest BCUT2D eigenvalue weighted by molar-refractivity contribution is 0.181. The van der Waals surface area contributed by atoms with Gasteiger partial charge in [-0.25, -0.2) is 0 Å². The molecule has 0 atom stereocenters. The van der Waals surface area contributed by atoms with Gasteiger partial charge in [-0.3, -0.25) is 0 Å². The van der Waals surface area contributed by atoms with Crippen molar-refractivity contribution in [3.05, 3.63) is 29.8 Å². The van der Waals surface area contributed by atoms with Gasteiger partial charge in [-0.2, -0.15) is 0 Å². The lowest BCUT2D eigenvalue weighted by Crippen LogP contribution is -2.19. The van der Waals surface area contributed by atoms with E-state index in [1.54, 1.807) is 11.8 Å². The second-order valence-electron chi connectivity index (χ2n) is 4.42. The smallest absolute Gasteiger partial charge is 0.0490 e. The van der Waals surface area contributed by atoms with E-state index in [9.17, 15) is 0 Å². The molecule has 78 valence electrons. The van der Waals surface area contributed by atoms with Crippen LogP contribution in [0.1, 0.15) is 19.4 Å². The van der Waals surface area contributed by atoms with Gasteiger partial charge in [0, 0.05) is 17.3 Å². The average molecular weight is 210 g/mol. The van der Waals surface area contributed by atoms with Crippen LogP contribution in [0.25, 0.3) is 0 Å². The van der Waals surface area contributed by atoms with Crippen LogP contribution in [-0.2, 0) is 0 Å². The van der Waals surface area contributed by atoms with Crippen molar-refractivity contribution in [3.63, 3.8) is 0 Å².